The zero-order chi connectivity index (χ0) is 24.4. The second-order valence-electron chi connectivity index (χ2n) is 7.00. The maximum atomic E-state index is 13.3. The van der Waals surface area contributed by atoms with E-state index >= 15 is 0 Å². The van der Waals surface area contributed by atoms with Gasteiger partial charge in [0.25, 0.3) is 0 Å². The van der Waals surface area contributed by atoms with Crippen molar-refractivity contribution in [2.75, 3.05) is 20.0 Å². The molecule has 0 unspecified atom stereocenters. The first-order valence-electron chi connectivity index (χ1n) is 9.28. The molecule has 0 atom stereocenters. The summed E-state index contributed by atoms with van der Waals surface area (Å²) in [5.74, 6) is -0.753. The van der Waals surface area contributed by atoms with E-state index in [2.05, 4.69) is 10.1 Å². The summed E-state index contributed by atoms with van der Waals surface area (Å²) in [6.45, 7) is -0.533. The Hall–Kier alpha value is -2.81. The van der Waals surface area contributed by atoms with Crippen LogP contribution in [0.3, 0.4) is 0 Å². The third-order valence-electron chi connectivity index (χ3n) is 4.32. The van der Waals surface area contributed by atoms with E-state index in [9.17, 15) is 26.4 Å². The van der Waals surface area contributed by atoms with Crippen LogP contribution in [0.15, 0.2) is 47.4 Å². The number of primary sulfonamides is 1. The number of nitrogens with zero attached hydrogens (tertiary/aromatic N) is 3. The van der Waals surface area contributed by atoms with Gasteiger partial charge in [-0.05, 0) is 61.9 Å². The van der Waals surface area contributed by atoms with Crippen molar-refractivity contribution < 1.29 is 31.1 Å². The summed E-state index contributed by atoms with van der Waals surface area (Å²) in [5, 5.41) is 8.68. The lowest BCUT2D eigenvalue weighted by atomic mass is 10.2. The molecule has 3 rings (SSSR count). The highest BCUT2D eigenvalue weighted by Crippen LogP contribution is 2.33. The quantitative estimate of drug-likeness (QED) is 0.275. The number of nitrogens with one attached hydrogen (secondary N) is 1. The monoisotopic (exact) mass is 503 g/mol. The first kappa shape index (κ1) is 24.8. The number of rotatable bonds is 8. The Bertz CT molecular complexity index is 1250. The fraction of sp³-hybridized carbons (Fsp3) is 0.263. The summed E-state index contributed by atoms with van der Waals surface area (Å²) < 4.78 is 70.7. The van der Waals surface area contributed by atoms with Crippen LogP contribution in [-0.2, 0) is 32.3 Å². The zero-order valence-electron chi connectivity index (χ0n) is 17.5. The molecule has 1 aromatic carbocycles. The number of benzene rings is 1. The highest BCUT2D eigenvalue weighted by molar-refractivity contribution is 7.96. The zero-order valence-corrected chi connectivity index (χ0v) is 19.1. The number of ether oxygens (including phenoxy) is 1. The van der Waals surface area contributed by atoms with Crippen molar-refractivity contribution in [3.05, 3.63) is 48.2 Å². The average Bonchev–Trinajstić information content (AvgIpc) is 3.34. The van der Waals surface area contributed by atoms with E-state index in [1.54, 1.807) is 30.5 Å². The van der Waals surface area contributed by atoms with Crippen molar-refractivity contribution in [3.8, 4) is 22.6 Å². The minimum Gasteiger partial charge on any atom is -0.452 e. The number of carbonyl (C=O) groups excluding carboxylic acids is 1. The third kappa shape index (κ3) is 6.37. The standard InChI is InChI=1S/C19H20F3N5O4S2/c1-26(2)32-11-31-18(28)10-27-16(9-17(25-27)19(20,21)22)15-7-6-14(24-15)12-4-3-5-13(8-12)33(23,29)30/h3-9,24H,10-11H2,1-2H3,(H2,23,29,30). The average molecular weight is 504 g/mol. The van der Waals surface area contributed by atoms with E-state index in [1.807, 2.05) is 0 Å². The number of nitrogens with two attached hydrogens (primary N) is 1. The topological polar surface area (TPSA) is 123 Å². The SMILES string of the molecule is CN(C)SCOC(=O)Cn1nc(C(F)(F)F)cc1-c1ccc(-c2cccc(S(N)(=O)=O)c2)[nH]1. The maximum absolute atomic E-state index is 13.3. The van der Waals surface area contributed by atoms with Crippen LogP contribution in [-0.4, -0.2) is 53.5 Å². The van der Waals surface area contributed by atoms with Gasteiger partial charge in [-0.2, -0.15) is 18.3 Å². The lowest BCUT2D eigenvalue weighted by Crippen LogP contribution is -2.17. The number of hydrogen-bond acceptors (Lipinski definition) is 7. The molecule has 0 saturated heterocycles. The molecular weight excluding hydrogens is 483 g/mol. The molecule has 0 aliphatic rings. The van der Waals surface area contributed by atoms with Crippen molar-refractivity contribution in [3.63, 3.8) is 0 Å². The summed E-state index contributed by atoms with van der Waals surface area (Å²) in [4.78, 5) is 14.9. The first-order chi connectivity index (χ1) is 15.3. The Morgan fingerprint density at radius 3 is 2.55 bits per heavy atom. The number of esters is 1. The lowest BCUT2D eigenvalue weighted by Gasteiger charge is -2.10. The number of H-pyrrole nitrogens is 1. The number of hydrogen-bond donors (Lipinski definition) is 2. The highest BCUT2D eigenvalue weighted by Gasteiger charge is 2.35. The Balaban J connectivity index is 1.92. The van der Waals surface area contributed by atoms with Gasteiger partial charge in [-0.15, -0.1) is 0 Å². The van der Waals surface area contributed by atoms with Crippen molar-refractivity contribution in [2.45, 2.75) is 17.6 Å². The molecule has 0 saturated carbocycles. The number of halogens is 3. The predicted molar refractivity (Wildman–Crippen MR) is 116 cm³/mol. The van der Waals surface area contributed by atoms with Gasteiger partial charge in [-0.25, -0.2) is 13.6 Å². The smallest absolute Gasteiger partial charge is 0.435 e. The van der Waals surface area contributed by atoms with E-state index < -0.39 is 34.4 Å². The molecule has 2 heterocycles. The molecule has 3 aromatic rings. The Labute approximate surface area is 191 Å². The molecule has 0 aliphatic carbocycles. The second-order valence-corrected chi connectivity index (χ2v) is 9.79. The van der Waals surface area contributed by atoms with E-state index in [-0.39, 0.29) is 22.2 Å². The molecular formula is C19H20F3N5O4S2. The number of carbonyl (C=O) groups is 1. The van der Waals surface area contributed by atoms with Crippen molar-refractivity contribution >= 4 is 27.9 Å². The second kappa shape index (κ2) is 9.59. The van der Waals surface area contributed by atoms with Gasteiger partial charge in [0.15, 0.2) is 11.6 Å². The molecule has 0 amide bonds. The predicted octanol–water partition coefficient (Wildman–Crippen LogP) is 2.92. The van der Waals surface area contributed by atoms with E-state index in [4.69, 9.17) is 9.88 Å². The van der Waals surface area contributed by atoms with Gasteiger partial charge in [0.2, 0.25) is 10.0 Å². The summed E-state index contributed by atoms with van der Waals surface area (Å²) in [6.07, 6.45) is -4.72. The Morgan fingerprint density at radius 1 is 1.21 bits per heavy atom. The van der Waals surface area contributed by atoms with Crippen LogP contribution in [0, 0.1) is 0 Å². The Kier molecular flexibility index (Phi) is 7.21. The van der Waals surface area contributed by atoms with Gasteiger partial charge in [0, 0.05) is 5.69 Å². The van der Waals surface area contributed by atoms with Crippen LogP contribution in [0.5, 0.6) is 0 Å². The minimum absolute atomic E-state index is 0.00159. The molecule has 178 valence electrons. The van der Waals surface area contributed by atoms with Crippen molar-refractivity contribution in [1.82, 2.24) is 19.1 Å². The molecule has 3 N–H and O–H groups in total. The molecule has 0 radical (unpaired) electrons. The Morgan fingerprint density at radius 2 is 1.91 bits per heavy atom. The van der Waals surface area contributed by atoms with Gasteiger partial charge in [0.1, 0.15) is 6.54 Å². The molecule has 0 spiro atoms. The van der Waals surface area contributed by atoms with Crippen LogP contribution >= 0.6 is 11.9 Å². The van der Waals surface area contributed by atoms with Crippen LogP contribution in [0.4, 0.5) is 13.2 Å². The van der Waals surface area contributed by atoms with Crippen LogP contribution < -0.4 is 5.14 Å². The molecule has 0 fully saturated rings. The molecule has 33 heavy (non-hydrogen) atoms. The minimum atomic E-state index is -4.72. The molecule has 14 heteroatoms. The first-order valence-corrected chi connectivity index (χ1v) is 11.8. The van der Waals surface area contributed by atoms with Crippen molar-refractivity contribution in [1.29, 1.82) is 0 Å². The molecule has 0 bridgehead atoms. The molecule has 2 aromatic heterocycles. The molecule has 0 aliphatic heterocycles. The van der Waals surface area contributed by atoms with Gasteiger partial charge in [-0.3, -0.25) is 13.8 Å². The number of aromatic amines is 1. The summed E-state index contributed by atoms with van der Waals surface area (Å²) in [6, 6.07) is 9.65. The van der Waals surface area contributed by atoms with Gasteiger partial charge < -0.3 is 9.72 Å². The normalized spacial score (nSPS) is 12.3. The van der Waals surface area contributed by atoms with Crippen LogP contribution in [0.2, 0.25) is 0 Å². The van der Waals surface area contributed by atoms with Gasteiger partial charge in [0.05, 0.1) is 16.3 Å². The van der Waals surface area contributed by atoms with Gasteiger partial charge in [-0.1, -0.05) is 12.1 Å². The molecule has 9 nitrogen and oxygen atoms in total. The number of sulfonamides is 1. The summed E-state index contributed by atoms with van der Waals surface area (Å²) in [5.41, 5.74) is -0.0324. The van der Waals surface area contributed by atoms with Gasteiger partial charge >= 0.3 is 12.1 Å². The highest BCUT2D eigenvalue weighted by atomic mass is 32.2. The maximum Gasteiger partial charge on any atom is 0.435 e. The van der Waals surface area contributed by atoms with Crippen molar-refractivity contribution in [2.24, 2.45) is 5.14 Å². The lowest BCUT2D eigenvalue weighted by molar-refractivity contribution is -0.144. The summed E-state index contributed by atoms with van der Waals surface area (Å²) >= 11 is 1.21. The fourth-order valence-corrected chi connectivity index (χ4v) is 3.77. The summed E-state index contributed by atoms with van der Waals surface area (Å²) in [7, 11) is -0.432. The van der Waals surface area contributed by atoms with E-state index in [0.29, 0.717) is 11.3 Å². The largest absolute Gasteiger partial charge is 0.452 e. The number of aromatic nitrogens is 3. The van der Waals surface area contributed by atoms with E-state index in [0.717, 1.165) is 10.7 Å². The number of alkyl halides is 3. The third-order valence-corrected chi connectivity index (χ3v) is 5.97. The van der Waals surface area contributed by atoms with Crippen LogP contribution in [0.25, 0.3) is 22.6 Å². The fourth-order valence-electron chi connectivity index (χ4n) is 2.81. The van der Waals surface area contributed by atoms with Crippen LogP contribution in [0.1, 0.15) is 5.69 Å². The van der Waals surface area contributed by atoms with E-state index in [1.165, 1.54) is 36.2 Å².